The molecule has 104 valence electrons. The Morgan fingerprint density at radius 1 is 1.50 bits per heavy atom. The van der Waals surface area contributed by atoms with Crippen LogP contribution in [0.5, 0.6) is 0 Å². The highest BCUT2D eigenvalue weighted by Crippen LogP contribution is 2.12. The number of piperidine rings is 1. The second kappa shape index (κ2) is 6.03. The number of alkyl halides is 3. The molecule has 0 radical (unpaired) electrons. The fourth-order valence-electron chi connectivity index (χ4n) is 1.68. The number of carbonyl (C=O) groups excluding carboxylic acids is 2. The fourth-order valence-corrected chi connectivity index (χ4v) is 1.68. The summed E-state index contributed by atoms with van der Waals surface area (Å²) in [5, 5.41) is 4.61. The lowest BCUT2D eigenvalue weighted by Gasteiger charge is -2.30. The first-order valence-corrected chi connectivity index (χ1v) is 5.59. The van der Waals surface area contributed by atoms with Crippen LogP contribution in [0.25, 0.3) is 0 Å². The number of amides is 2. The Morgan fingerprint density at radius 3 is 2.72 bits per heavy atom. The molecule has 1 aliphatic rings. The highest BCUT2D eigenvalue weighted by Gasteiger charge is 2.28. The van der Waals surface area contributed by atoms with Crippen molar-refractivity contribution in [1.82, 2.24) is 15.5 Å². The number of rotatable bonds is 4. The van der Waals surface area contributed by atoms with Crippen LogP contribution < -0.4 is 10.6 Å². The third kappa shape index (κ3) is 5.35. The van der Waals surface area contributed by atoms with Gasteiger partial charge in [0.25, 0.3) is 0 Å². The van der Waals surface area contributed by atoms with Crippen LogP contribution in [0.1, 0.15) is 12.8 Å². The zero-order chi connectivity index (χ0) is 13.8. The van der Waals surface area contributed by atoms with E-state index in [-0.39, 0.29) is 18.5 Å². The van der Waals surface area contributed by atoms with Gasteiger partial charge in [-0.3, -0.25) is 9.59 Å². The van der Waals surface area contributed by atoms with Crippen molar-refractivity contribution in [2.45, 2.75) is 25.1 Å². The molecular weight excluding hydrogens is 251 g/mol. The van der Waals surface area contributed by atoms with Crippen LogP contribution in [-0.4, -0.2) is 55.6 Å². The van der Waals surface area contributed by atoms with E-state index in [0.29, 0.717) is 19.4 Å². The molecule has 8 heteroatoms. The molecule has 1 fully saturated rings. The molecule has 0 spiro atoms. The quantitative estimate of drug-likeness (QED) is 0.746. The number of likely N-dealkylation sites (N-methyl/N-ethyl adjacent to an activating group) is 1. The summed E-state index contributed by atoms with van der Waals surface area (Å²) in [5.74, 6) is -0.665. The zero-order valence-corrected chi connectivity index (χ0v) is 10.0. The molecule has 0 saturated carbocycles. The van der Waals surface area contributed by atoms with E-state index >= 15 is 0 Å². The van der Waals surface area contributed by atoms with Gasteiger partial charge in [0.2, 0.25) is 11.8 Å². The first-order chi connectivity index (χ1) is 8.28. The zero-order valence-electron chi connectivity index (χ0n) is 10.0. The van der Waals surface area contributed by atoms with Gasteiger partial charge in [-0.05, 0) is 6.42 Å². The number of nitrogens with one attached hydrogen (secondary N) is 2. The molecule has 1 aliphatic heterocycles. The van der Waals surface area contributed by atoms with Crippen LogP contribution in [0.15, 0.2) is 0 Å². The van der Waals surface area contributed by atoms with Crippen molar-refractivity contribution in [3.05, 3.63) is 0 Å². The molecule has 5 nitrogen and oxygen atoms in total. The fraction of sp³-hybridized carbons (Fsp3) is 0.800. The van der Waals surface area contributed by atoms with Crippen molar-refractivity contribution < 1.29 is 22.8 Å². The number of halogens is 3. The van der Waals surface area contributed by atoms with Gasteiger partial charge in [0.05, 0.1) is 6.54 Å². The highest BCUT2D eigenvalue weighted by molar-refractivity contribution is 5.78. The van der Waals surface area contributed by atoms with Crippen molar-refractivity contribution in [2.75, 3.05) is 26.7 Å². The van der Waals surface area contributed by atoms with E-state index < -0.39 is 18.6 Å². The Kier molecular flexibility index (Phi) is 4.94. The standard InChI is InChI=1S/C10H16F3N3O2/c1-16-5-7(2-3-9(16)18)14-4-8(17)15-6-10(11,12)13/h7,14H,2-6H2,1H3,(H,15,17). The van der Waals surface area contributed by atoms with E-state index in [9.17, 15) is 22.8 Å². The summed E-state index contributed by atoms with van der Waals surface area (Å²) in [7, 11) is 1.65. The van der Waals surface area contributed by atoms with E-state index in [0.717, 1.165) is 0 Å². The van der Waals surface area contributed by atoms with E-state index in [4.69, 9.17) is 0 Å². The van der Waals surface area contributed by atoms with Gasteiger partial charge in [-0.15, -0.1) is 0 Å². The first-order valence-electron chi connectivity index (χ1n) is 5.59. The number of nitrogens with zero attached hydrogens (tertiary/aromatic N) is 1. The molecule has 1 rings (SSSR count). The summed E-state index contributed by atoms with van der Waals surface area (Å²) < 4.78 is 35.5. The second-order valence-electron chi connectivity index (χ2n) is 4.28. The van der Waals surface area contributed by atoms with E-state index in [1.807, 2.05) is 0 Å². The molecule has 0 bridgehead atoms. The van der Waals surface area contributed by atoms with Crippen molar-refractivity contribution >= 4 is 11.8 Å². The lowest BCUT2D eigenvalue weighted by molar-refractivity contribution is -0.138. The normalized spacial score (nSPS) is 21.0. The minimum Gasteiger partial charge on any atom is -0.346 e. The molecule has 1 unspecified atom stereocenters. The highest BCUT2D eigenvalue weighted by atomic mass is 19.4. The summed E-state index contributed by atoms with van der Waals surface area (Å²) in [5.41, 5.74) is 0. The number of likely N-dealkylation sites (tertiary alicyclic amines) is 1. The molecular formula is C10H16F3N3O2. The SMILES string of the molecule is CN1CC(NCC(=O)NCC(F)(F)F)CCC1=O. The van der Waals surface area contributed by atoms with E-state index in [1.54, 1.807) is 12.4 Å². The summed E-state index contributed by atoms with van der Waals surface area (Å²) in [6.45, 7) is -1.04. The van der Waals surface area contributed by atoms with E-state index in [2.05, 4.69) is 5.32 Å². The molecule has 0 aromatic heterocycles. The minimum atomic E-state index is -4.40. The molecule has 0 aromatic rings. The Balaban J connectivity index is 2.21. The maximum absolute atomic E-state index is 11.8. The summed E-state index contributed by atoms with van der Waals surface area (Å²) >= 11 is 0. The predicted molar refractivity (Wildman–Crippen MR) is 57.7 cm³/mol. The average Bonchev–Trinajstić information content (AvgIpc) is 2.27. The Morgan fingerprint density at radius 2 is 2.17 bits per heavy atom. The van der Waals surface area contributed by atoms with Crippen LogP contribution in [0.3, 0.4) is 0 Å². The third-order valence-corrected chi connectivity index (χ3v) is 2.66. The van der Waals surface area contributed by atoms with Crippen molar-refractivity contribution in [2.24, 2.45) is 0 Å². The monoisotopic (exact) mass is 267 g/mol. The van der Waals surface area contributed by atoms with Crippen LogP contribution in [0.2, 0.25) is 0 Å². The first kappa shape index (κ1) is 14.7. The Labute approximate surface area is 103 Å². The van der Waals surface area contributed by atoms with Crippen LogP contribution in [0.4, 0.5) is 13.2 Å². The van der Waals surface area contributed by atoms with Gasteiger partial charge in [0.15, 0.2) is 0 Å². The number of hydrogen-bond donors (Lipinski definition) is 2. The lowest BCUT2D eigenvalue weighted by Crippen LogP contribution is -2.49. The maximum atomic E-state index is 11.8. The van der Waals surface area contributed by atoms with Crippen LogP contribution in [-0.2, 0) is 9.59 Å². The lowest BCUT2D eigenvalue weighted by atomic mass is 10.1. The van der Waals surface area contributed by atoms with Gasteiger partial charge in [-0.1, -0.05) is 0 Å². The topological polar surface area (TPSA) is 61.4 Å². The van der Waals surface area contributed by atoms with Crippen LogP contribution >= 0.6 is 0 Å². The summed E-state index contributed by atoms with van der Waals surface area (Å²) in [6, 6.07) is -0.0515. The Hall–Kier alpha value is -1.31. The smallest absolute Gasteiger partial charge is 0.346 e. The average molecular weight is 267 g/mol. The van der Waals surface area contributed by atoms with Crippen molar-refractivity contribution in [3.8, 4) is 0 Å². The minimum absolute atomic E-state index is 0.0366. The van der Waals surface area contributed by atoms with Gasteiger partial charge in [0, 0.05) is 26.1 Å². The summed E-state index contributed by atoms with van der Waals surface area (Å²) in [6.07, 6.45) is -3.42. The molecule has 1 saturated heterocycles. The van der Waals surface area contributed by atoms with E-state index in [1.165, 1.54) is 4.90 Å². The Bertz CT molecular complexity index is 320. The van der Waals surface area contributed by atoms with Gasteiger partial charge in [-0.2, -0.15) is 13.2 Å². The molecule has 1 atom stereocenters. The van der Waals surface area contributed by atoms with Gasteiger partial charge in [-0.25, -0.2) is 0 Å². The molecule has 2 amide bonds. The largest absolute Gasteiger partial charge is 0.405 e. The van der Waals surface area contributed by atoms with Crippen molar-refractivity contribution in [3.63, 3.8) is 0 Å². The molecule has 0 aromatic carbocycles. The maximum Gasteiger partial charge on any atom is 0.405 e. The van der Waals surface area contributed by atoms with Crippen molar-refractivity contribution in [1.29, 1.82) is 0 Å². The summed E-state index contributed by atoms with van der Waals surface area (Å²) in [4.78, 5) is 23.8. The molecule has 18 heavy (non-hydrogen) atoms. The van der Waals surface area contributed by atoms with Gasteiger partial charge in [0.1, 0.15) is 6.54 Å². The molecule has 1 heterocycles. The van der Waals surface area contributed by atoms with Gasteiger partial charge >= 0.3 is 6.18 Å². The third-order valence-electron chi connectivity index (χ3n) is 2.66. The second-order valence-corrected chi connectivity index (χ2v) is 4.28. The predicted octanol–water partition coefficient (Wildman–Crippen LogP) is -0.125. The molecule has 2 N–H and O–H groups in total. The number of hydrogen-bond acceptors (Lipinski definition) is 3. The number of carbonyl (C=O) groups is 2. The van der Waals surface area contributed by atoms with Crippen LogP contribution in [0, 0.1) is 0 Å². The molecule has 0 aliphatic carbocycles. The van der Waals surface area contributed by atoms with Gasteiger partial charge < -0.3 is 15.5 Å².